The van der Waals surface area contributed by atoms with Gasteiger partial charge in [0.05, 0.1) is 0 Å². The van der Waals surface area contributed by atoms with E-state index in [2.05, 4.69) is 20.8 Å². The third-order valence-electron chi connectivity index (χ3n) is 4.10. The van der Waals surface area contributed by atoms with Crippen molar-refractivity contribution in [2.45, 2.75) is 111 Å². The first-order valence-corrected chi connectivity index (χ1v) is 11.2. The van der Waals surface area contributed by atoms with E-state index in [0.29, 0.717) is 0 Å². The Bertz CT molecular complexity index is 241. The average Bonchev–Trinajstić information content (AvgIpc) is 2.44. The van der Waals surface area contributed by atoms with Crippen LogP contribution in [0.2, 0.25) is 0 Å². The van der Waals surface area contributed by atoms with Crippen molar-refractivity contribution in [2.75, 3.05) is 0 Å². The van der Waals surface area contributed by atoms with Gasteiger partial charge in [-0.15, -0.1) is 0 Å². The van der Waals surface area contributed by atoms with Crippen molar-refractivity contribution in [3.05, 3.63) is 0 Å². The van der Waals surface area contributed by atoms with Crippen LogP contribution in [-0.2, 0) is 4.57 Å². The maximum absolute atomic E-state index is 8.88. The summed E-state index contributed by atoms with van der Waals surface area (Å²) in [6, 6.07) is 0. The molecule has 0 aliphatic rings. The fraction of sp³-hybridized carbons (Fsp3) is 1.00. The van der Waals surface area contributed by atoms with Gasteiger partial charge in [-0.05, 0) is 5.92 Å². The van der Waals surface area contributed by atoms with Crippen molar-refractivity contribution < 1.29 is 19.2 Å². The largest absolute Gasteiger partial charge is 0.466 e. The summed E-state index contributed by atoms with van der Waals surface area (Å²) in [5, 5.41) is 0. The number of hydrogen-bond acceptors (Lipinski definition) is 1. The van der Waals surface area contributed by atoms with Crippen LogP contribution in [0.15, 0.2) is 0 Å². The highest BCUT2D eigenvalue weighted by Crippen LogP contribution is 2.25. The first-order valence-electron chi connectivity index (χ1n) is 9.59. The molecule has 0 aromatic carbocycles. The van der Waals surface area contributed by atoms with Crippen molar-refractivity contribution in [3.8, 4) is 0 Å². The van der Waals surface area contributed by atoms with Gasteiger partial charge in [-0.3, -0.25) is 0 Å². The van der Waals surface area contributed by atoms with Gasteiger partial charge >= 0.3 is 7.82 Å². The molecule has 0 radical (unpaired) electrons. The van der Waals surface area contributed by atoms with E-state index in [9.17, 15) is 0 Å². The van der Waals surface area contributed by atoms with Crippen molar-refractivity contribution in [1.29, 1.82) is 0 Å². The molecule has 0 aliphatic heterocycles. The van der Waals surface area contributed by atoms with Crippen LogP contribution in [0.3, 0.4) is 0 Å². The second-order valence-electron chi connectivity index (χ2n) is 6.73. The Hall–Kier alpha value is 0.110. The second-order valence-corrected chi connectivity index (χ2v) is 7.76. The highest BCUT2D eigenvalue weighted by Gasteiger charge is 2.02. The van der Waals surface area contributed by atoms with E-state index in [1.54, 1.807) is 0 Å². The second kappa shape index (κ2) is 18.4. The molecule has 0 aliphatic carbocycles. The number of phosphoric acid groups is 1. The molecule has 142 valence electrons. The summed E-state index contributed by atoms with van der Waals surface area (Å²) in [5.74, 6) is 0.974. The van der Waals surface area contributed by atoms with Gasteiger partial charge in [0.25, 0.3) is 0 Å². The summed E-state index contributed by atoms with van der Waals surface area (Å²) in [6.45, 7) is 7.04. The van der Waals surface area contributed by atoms with Gasteiger partial charge in [-0.2, -0.15) is 0 Å². The lowest BCUT2D eigenvalue weighted by atomic mass is 9.96. The molecular formula is C18H41O4P. The molecule has 0 atom stereocenters. The molecule has 23 heavy (non-hydrogen) atoms. The summed E-state index contributed by atoms with van der Waals surface area (Å²) in [4.78, 5) is 21.6. The monoisotopic (exact) mass is 352 g/mol. The van der Waals surface area contributed by atoms with Crippen molar-refractivity contribution in [3.63, 3.8) is 0 Å². The van der Waals surface area contributed by atoms with Crippen LogP contribution in [0.25, 0.3) is 0 Å². The quantitative estimate of drug-likeness (QED) is 0.257. The Morgan fingerprint density at radius 1 is 0.652 bits per heavy atom. The van der Waals surface area contributed by atoms with Crippen molar-refractivity contribution in [2.24, 2.45) is 5.92 Å². The maximum Gasteiger partial charge on any atom is 0.466 e. The highest BCUT2D eigenvalue weighted by atomic mass is 31.2. The molecule has 0 unspecified atom stereocenters. The molecule has 0 heterocycles. The Morgan fingerprint density at radius 3 is 1.22 bits per heavy atom. The Kier molecular flexibility index (Phi) is 20.3. The van der Waals surface area contributed by atoms with E-state index >= 15 is 0 Å². The van der Waals surface area contributed by atoms with Crippen LogP contribution < -0.4 is 0 Å². The minimum absolute atomic E-state index is 0.974. The summed E-state index contributed by atoms with van der Waals surface area (Å²) in [6.07, 6.45) is 20.3. The minimum atomic E-state index is -4.64. The maximum atomic E-state index is 8.88. The highest BCUT2D eigenvalue weighted by molar-refractivity contribution is 7.45. The molecule has 0 saturated heterocycles. The Labute approximate surface area is 144 Å². The average molecular weight is 352 g/mol. The lowest BCUT2D eigenvalue weighted by Crippen LogP contribution is -1.95. The van der Waals surface area contributed by atoms with Gasteiger partial charge in [0.1, 0.15) is 0 Å². The lowest BCUT2D eigenvalue weighted by Gasteiger charge is -2.10. The SMILES string of the molecule is CCCCCCCCC(C)CCCCCCCC.O=P(O)(O)O. The van der Waals surface area contributed by atoms with E-state index in [-0.39, 0.29) is 0 Å². The van der Waals surface area contributed by atoms with Gasteiger partial charge in [-0.25, -0.2) is 4.57 Å². The fourth-order valence-electron chi connectivity index (χ4n) is 2.69. The zero-order chi connectivity index (χ0) is 18.0. The molecule has 0 aromatic rings. The van der Waals surface area contributed by atoms with Crippen LogP contribution in [0.4, 0.5) is 0 Å². The first-order chi connectivity index (χ1) is 10.8. The van der Waals surface area contributed by atoms with E-state index in [1.165, 1.54) is 89.9 Å². The van der Waals surface area contributed by atoms with Crippen LogP contribution in [0, 0.1) is 5.92 Å². The Balaban J connectivity index is 0. The van der Waals surface area contributed by atoms with Crippen molar-refractivity contribution >= 4 is 7.82 Å². The molecular weight excluding hydrogens is 311 g/mol. The summed E-state index contributed by atoms with van der Waals surface area (Å²) in [7, 11) is -4.64. The molecule has 0 spiro atoms. The Morgan fingerprint density at radius 2 is 0.913 bits per heavy atom. The number of unbranched alkanes of at least 4 members (excludes halogenated alkanes) is 10. The first kappa shape index (κ1) is 25.4. The smallest absolute Gasteiger partial charge is 0.303 e. The predicted molar refractivity (Wildman–Crippen MR) is 99.4 cm³/mol. The molecule has 0 rings (SSSR count). The molecule has 0 fully saturated rings. The minimum Gasteiger partial charge on any atom is -0.303 e. The summed E-state index contributed by atoms with van der Waals surface area (Å²) >= 11 is 0. The van der Waals surface area contributed by atoms with E-state index in [4.69, 9.17) is 19.2 Å². The van der Waals surface area contributed by atoms with Gasteiger partial charge in [-0.1, -0.05) is 111 Å². The topological polar surface area (TPSA) is 77.8 Å². The summed E-state index contributed by atoms with van der Waals surface area (Å²) in [5.41, 5.74) is 0. The van der Waals surface area contributed by atoms with Crippen LogP contribution >= 0.6 is 7.82 Å². The summed E-state index contributed by atoms with van der Waals surface area (Å²) < 4.78 is 8.88. The molecule has 0 amide bonds. The predicted octanol–water partition coefficient (Wildman–Crippen LogP) is 6.20. The van der Waals surface area contributed by atoms with Gasteiger partial charge < -0.3 is 14.7 Å². The third kappa shape index (κ3) is 34.5. The molecule has 4 nitrogen and oxygen atoms in total. The molecule has 0 bridgehead atoms. The van der Waals surface area contributed by atoms with Gasteiger partial charge in [0.2, 0.25) is 0 Å². The van der Waals surface area contributed by atoms with E-state index in [1.807, 2.05) is 0 Å². The zero-order valence-electron chi connectivity index (χ0n) is 15.7. The van der Waals surface area contributed by atoms with E-state index in [0.717, 1.165) is 5.92 Å². The fourth-order valence-corrected chi connectivity index (χ4v) is 2.69. The van der Waals surface area contributed by atoms with Gasteiger partial charge in [0, 0.05) is 0 Å². The molecule has 0 saturated carbocycles. The number of rotatable bonds is 14. The molecule has 3 N–H and O–H groups in total. The van der Waals surface area contributed by atoms with Crippen LogP contribution in [0.5, 0.6) is 0 Å². The van der Waals surface area contributed by atoms with Gasteiger partial charge in [0.15, 0.2) is 0 Å². The van der Waals surface area contributed by atoms with Crippen LogP contribution in [-0.4, -0.2) is 14.7 Å². The standard InChI is InChI=1S/C18H38.H3O4P/c1-4-6-8-10-12-14-16-18(3)17-15-13-11-9-7-5-2;1-5(2,3)4/h18H,4-17H2,1-3H3;(H3,1,2,3,4). The normalized spacial score (nSPS) is 11.4. The van der Waals surface area contributed by atoms with Crippen molar-refractivity contribution in [1.82, 2.24) is 0 Å². The molecule has 5 heteroatoms. The van der Waals surface area contributed by atoms with E-state index < -0.39 is 7.82 Å². The lowest BCUT2D eigenvalue weighted by molar-refractivity contribution is 0.275. The molecule has 0 aromatic heterocycles. The third-order valence-corrected chi connectivity index (χ3v) is 4.10. The van der Waals surface area contributed by atoms with Crippen LogP contribution in [0.1, 0.15) is 111 Å². The zero-order valence-corrected chi connectivity index (χ0v) is 16.6. The number of hydrogen-bond donors (Lipinski definition) is 3.